The van der Waals surface area contributed by atoms with Gasteiger partial charge in [-0.05, 0) is 36.4 Å². The summed E-state index contributed by atoms with van der Waals surface area (Å²) in [5.74, 6) is 2.97. The molecular weight excluding hydrogens is 394 g/mol. The molecule has 152 valence electrons. The lowest BCUT2D eigenvalue weighted by Crippen LogP contribution is -2.02. The number of carbonyl (C=O) groups excluding carboxylic acids is 1. The van der Waals surface area contributed by atoms with Crippen molar-refractivity contribution in [2.45, 2.75) is 5.16 Å². The molecule has 1 heterocycles. The summed E-state index contributed by atoms with van der Waals surface area (Å²) in [5, 5.41) is 7.53. The van der Waals surface area contributed by atoms with Gasteiger partial charge in [0.15, 0.2) is 23.1 Å². The van der Waals surface area contributed by atoms with E-state index in [4.69, 9.17) is 18.9 Å². The fourth-order valence-electron chi connectivity index (χ4n) is 2.65. The van der Waals surface area contributed by atoms with E-state index < -0.39 is 0 Å². The zero-order valence-electron chi connectivity index (χ0n) is 16.5. The van der Waals surface area contributed by atoms with E-state index in [9.17, 15) is 4.79 Å². The highest BCUT2D eigenvalue weighted by molar-refractivity contribution is 7.99. The van der Waals surface area contributed by atoms with Crippen molar-refractivity contribution in [2.75, 3.05) is 34.2 Å². The van der Waals surface area contributed by atoms with Crippen molar-refractivity contribution in [1.29, 1.82) is 0 Å². The zero-order chi connectivity index (χ0) is 20.8. The quantitative estimate of drug-likeness (QED) is 0.419. The van der Waals surface area contributed by atoms with Crippen LogP contribution in [0.1, 0.15) is 10.4 Å². The minimum Gasteiger partial charge on any atom is -0.497 e. The number of nitrogens with zero attached hydrogens (tertiary/aromatic N) is 2. The molecule has 0 amide bonds. The van der Waals surface area contributed by atoms with Crippen molar-refractivity contribution in [1.82, 2.24) is 15.2 Å². The van der Waals surface area contributed by atoms with Crippen molar-refractivity contribution in [2.24, 2.45) is 0 Å². The Balaban J connectivity index is 1.73. The molecule has 0 spiro atoms. The molecule has 2 aromatic carbocycles. The van der Waals surface area contributed by atoms with Crippen LogP contribution in [0.4, 0.5) is 0 Å². The van der Waals surface area contributed by atoms with Gasteiger partial charge in [-0.2, -0.15) is 0 Å². The number of carbonyl (C=O) groups is 1. The molecule has 0 atom stereocenters. The first-order valence-corrected chi connectivity index (χ1v) is 9.61. The number of hydrogen-bond donors (Lipinski definition) is 1. The summed E-state index contributed by atoms with van der Waals surface area (Å²) in [7, 11) is 6.23. The standard InChI is InChI=1S/C20H21N3O5S/c1-25-14-7-5-12(6-8-14)15(24)11-29-20-21-19(22-23-20)13-9-16(26-2)18(28-4)17(10-13)27-3/h5-10H,11H2,1-4H3,(H,21,22,23). The van der Waals surface area contributed by atoms with Crippen LogP contribution in [0.2, 0.25) is 0 Å². The molecule has 0 aliphatic carbocycles. The Morgan fingerprint density at radius 3 is 2.17 bits per heavy atom. The molecule has 3 aromatic rings. The Morgan fingerprint density at radius 1 is 0.966 bits per heavy atom. The van der Waals surface area contributed by atoms with E-state index >= 15 is 0 Å². The molecule has 0 radical (unpaired) electrons. The van der Waals surface area contributed by atoms with Crippen LogP contribution in [0.25, 0.3) is 11.4 Å². The van der Waals surface area contributed by atoms with Crippen molar-refractivity contribution in [3.8, 4) is 34.4 Å². The number of rotatable bonds is 9. The van der Waals surface area contributed by atoms with Crippen LogP contribution >= 0.6 is 11.8 Å². The van der Waals surface area contributed by atoms with Gasteiger partial charge in [0.25, 0.3) is 0 Å². The van der Waals surface area contributed by atoms with Crippen LogP contribution in [-0.2, 0) is 0 Å². The van der Waals surface area contributed by atoms with Crippen LogP contribution in [0, 0.1) is 0 Å². The van der Waals surface area contributed by atoms with E-state index in [1.807, 2.05) is 0 Å². The lowest BCUT2D eigenvalue weighted by Gasteiger charge is -2.13. The summed E-state index contributed by atoms with van der Waals surface area (Å²) in [6.07, 6.45) is 0. The molecule has 0 unspecified atom stereocenters. The number of H-pyrrole nitrogens is 1. The molecule has 0 aliphatic heterocycles. The highest BCUT2D eigenvalue weighted by Gasteiger charge is 2.17. The van der Waals surface area contributed by atoms with E-state index in [1.54, 1.807) is 64.8 Å². The van der Waals surface area contributed by atoms with Crippen molar-refractivity contribution in [3.63, 3.8) is 0 Å². The lowest BCUT2D eigenvalue weighted by molar-refractivity contribution is 0.102. The molecule has 9 heteroatoms. The summed E-state index contributed by atoms with van der Waals surface area (Å²) in [5.41, 5.74) is 1.33. The summed E-state index contributed by atoms with van der Waals surface area (Å²) in [6.45, 7) is 0. The monoisotopic (exact) mass is 415 g/mol. The number of nitrogens with one attached hydrogen (secondary N) is 1. The van der Waals surface area contributed by atoms with Gasteiger partial charge in [0, 0.05) is 11.1 Å². The maximum absolute atomic E-state index is 12.4. The van der Waals surface area contributed by atoms with E-state index in [2.05, 4.69) is 15.2 Å². The minimum atomic E-state index is -0.0169. The number of aromatic nitrogens is 3. The number of benzene rings is 2. The second-order valence-electron chi connectivity index (χ2n) is 5.82. The van der Waals surface area contributed by atoms with Gasteiger partial charge in [0.05, 0.1) is 34.2 Å². The van der Waals surface area contributed by atoms with Gasteiger partial charge in [0.1, 0.15) is 5.75 Å². The first-order valence-electron chi connectivity index (χ1n) is 8.62. The Bertz CT molecular complexity index is 963. The lowest BCUT2D eigenvalue weighted by atomic mass is 10.1. The van der Waals surface area contributed by atoms with Gasteiger partial charge in [-0.3, -0.25) is 9.89 Å². The first kappa shape index (κ1) is 20.5. The summed E-state index contributed by atoms with van der Waals surface area (Å²) in [4.78, 5) is 16.8. The Labute approximate surface area is 172 Å². The summed E-state index contributed by atoms with van der Waals surface area (Å²) < 4.78 is 21.2. The molecule has 1 aromatic heterocycles. The third-order valence-corrected chi connectivity index (χ3v) is 4.99. The third kappa shape index (κ3) is 4.62. The fourth-order valence-corrected chi connectivity index (χ4v) is 3.34. The SMILES string of the molecule is COc1ccc(C(=O)CSc2n[nH]c(-c3cc(OC)c(OC)c(OC)c3)n2)cc1. The molecule has 8 nitrogen and oxygen atoms in total. The van der Waals surface area contributed by atoms with Crippen LogP contribution in [0.15, 0.2) is 41.6 Å². The second kappa shape index (κ2) is 9.33. The maximum Gasteiger partial charge on any atom is 0.209 e. The second-order valence-corrected chi connectivity index (χ2v) is 6.76. The van der Waals surface area contributed by atoms with Gasteiger partial charge in [-0.25, -0.2) is 4.98 Å². The smallest absolute Gasteiger partial charge is 0.209 e. The van der Waals surface area contributed by atoms with Crippen LogP contribution in [0.3, 0.4) is 0 Å². The van der Waals surface area contributed by atoms with Gasteiger partial charge in [-0.1, -0.05) is 11.8 Å². The highest BCUT2D eigenvalue weighted by Crippen LogP contribution is 2.40. The minimum absolute atomic E-state index is 0.0169. The number of ether oxygens (including phenoxy) is 4. The molecular formula is C20H21N3O5S. The predicted octanol–water partition coefficient (Wildman–Crippen LogP) is 3.48. The Hall–Kier alpha value is -3.20. The number of thioether (sulfide) groups is 1. The average Bonchev–Trinajstić information content (AvgIpc) is 3.25. The normalized spacial score (nSPS) is 10.5. The number of hydrogen-bond acceptors (Lipinski definition) is 8. The zero-order valence-corrected chi connectivity index (χ0v) is 17.3. The molecule has 1 N–H and O–H groups in total. The van der Waals surface area contributed by atoms with Crippen molar-refractivity contribution < 1.29 is 23.7 Å². The van der Waals surface area contributed by atoms with E-state index in [1.165, 1.54) is 11.8 Å². The van der Waals surface area contributed by atoms with Gasteiger partial charge >= 0.3 is 0 Å². The number of aromatic amines is 1. The van der Waals surface area contributed by atoms with E-state index in [0.29, 0.717) is 39.5 Å². The van der Waals surface area contributed by atoms with E-state index in [0.717, 1.165) is 5.56 Å². The predicted molar refractivity (Wildman–Crippen MR) is 110 cm³/mol. The van der Waals surface area contributed by atoms with Gasteiger partial charge in [0.2, 0.25) is 10.9 Å². The average molecular weight is 415 g/mol. The molecule has 3 rings (SSSR count). The van der Waals surface area contributed by atoms with Crippen LogP contribution < -0.4 is 18.9 Å². The first-order chi connectivity index (χ1) is 14.1. The summed E-state index contributed by atoms with van der Waals surface area (Å²) in [6, 6.07) is 10.5. The topological polar surface area (TPSA) is 95.6 Å². The maximum atomic E-state index is 12.4. The van der Waals surface area contributed by atoms with Gasteiger partial charge < -0.3 is 18.9 Å². The molecule has 0 saturated carbocycles. The number of methoxy groups -OCH3 is 4. The number of Topliss-reactive ketones (excluding diaryl/α,β-unsaturated/α-hetero) is 1. The van der Waals surface area contributed by atoms with Crippen LogP contribution in [0.5, 0.6) is 23.0 Å². The molecule has 0 bridgehead atoms. The van der Waals surface area contributed by atoms with Crippen molar-refractivity contribution in [3.05, 3.63) is 42.0 Å². The van der Waals surface area contributed by atoms with Crippen LogP contribution in [-0.4, -0.2) is 55.2 Å². The van der Waals surface area contributed by atoms with E-state index in [-0.39, 0.29) is 11.5 Å². The highest BCUT2D eigenvalue weighted by atomic mass is 32.2. The van der Waals surface area contributed by atoms with Crippen molar-refractivity contribution >= 4 is 17.5 Å². The fraction of sp³-hybridized carbons (Fsp3) is 0.250. The molecule has 0 saturated heterocycles. The molecule has 0 aliphatic rings. The largest absolute Gasteiger partial charge is 0.497 e. The summed E-state index contributed by atoms with van der Waals surface area (Å²) >= 11 is 1.25. The van der Waals surface area contributed by atoms with Gasteiger partial charge in [-0.15, -0.1) is 5.10 Å². The Kier molecular flexibility index (Phi) is 6.61. The molecule has 0 fully saturated rings. The molecule has 29 heavy (non-hydrogen) atoms. The number of ketones is 1. The third-order valence-electron chi connectivity index (χ3n) is 4.15. The Morgan fingerprint density at radius 2 is 1.62 bits per heavy atom.